The number of hydrogen-bond acceptors (Lipinski definition) is 4. The van der Waals surface area contributed by atoms with Crippen molar-refractivity contribution >= 4 is 23.3 Å². The van der Waals surface area contributed by atoms with Gasteiger partial charge in [-0.2, -0.15) is 0 Å². The molecular weight excluding hydrogens is 300 g/mol. The molecule has 122 valence electrons. The zero-order valence-electron chi connectivity index (χ0n) is 13.3. The Kier molecular flexibility index (Phi) is 6.43. The van der Waals surface area contributed by atoms with Crippen molar-refractivity contribution in [3.63, 3.8) is 0 Å². The molecule has 1 heterocycles. The molecule has 1 aromatic rings. The largest absolute Gasteiger partial charge is 0.364 e. The van der Waals surface area contributed by atoms with Crippen molar-refractivity contribution in [2.45, 2.75) is 64.5 Å². The molecular formula is C16H25ClN4O. The van der Waals surface area contributed by atoms with E-state index in [4.69, 9.17) is 11.6 Å². The lowest BCUT2D eigenvalue weighted by molar-refractivity contribution is -0.126. The number of amides is 1. The van der Waals surface area contributed by atoms with Crippen LogP contribution in [0.3, 0.4) is 0 Å². The van der Waals surface area contributed by atoms with Crippen LogP contribution in [0, 0.1) is 5.92 Å². The molecule has 22 heavy (non-hydrogen) atoms. The van der Waals surface area contributed by atoms with Crippen LogP contribution in [0.5, 0.6) is 0 Å². The van der Waals surface area contributed by atoms with Gasteiger partial charge in [-0.25, -0.2) is 4.98 Å². The van der Waals surface area contributed by atoms with Crippen molar-refractivity contribution in [3.05, 3.63) is 17.5 Å². The highest BCUT2D eigenvalue weighted by Crippen LogP contribution is 2.23. The van der Waals surface area contributed by atoms with Gasteiger partial charge in [0.1, 0.15) is 11.0 Å². The molecule has 1 amide bonds. The number of carbonyl (C=O) groups excluding carboxylic acids is 1. The minimum atomic E-state index is 0.105. The van der Waals surface area contributed by atoms with E-state index in [1.54, 1.807) is 6.20 Å². The first-order valence-corrected chi connectivity index (χ1v) is 8.56. The molecule has 1 aliphatic carbocycles. The standard InChI is InChI=1S/C16H25ClN4O/c1-3-11(4-2)16(22)20-13-8-6-5-7-12(13)19-15-10-18-9-14(17)21-15/h9-13H,3-8H2,1-2H3,(H,19,21)(H,20,22)/t12-,13-/m1/s1. The van der Waals surface area contributed by atoms with Crippen LogP contribution in [0.2, 0.25) is 5.15 Å². The molecule has 2 rings (SSSR count). The van der Waals surface area contributed by atoms with Crippen molar-refractivity contribution < 1.29 is 4.79 Å². The third kappa shape index (κ3) is 4.57. The third-order valence-corrected chi connectivity index (χ3v) is 4.57. The predicted octanol–water partition coefficient (Wildman–Crippen LogP) is 3.41. The zero-order valence-corrected chi connectivity index (χ0v) is 14.1. The number of carbonyl (C=O) groups is 1. The number of hydrogen-bond donors (Lipinski definition) is 2. The first-order valence-electron chi connectivity index (χ1n) is 8.18. The number of halogens is 1. The van der Waals surface area contributed by atoms with Gasteiger partial charge in [-0.15, -0.1) is 0 Å². The average Bonchev–Trinajstić information content (AvgIpc) is 2.50. The maximum Gasteiger partial charge on any atom is 0.223 e. The van der Waals surface area contributed by atoms with Crippen LogP contribution < -0.4 is 10.6 Å². The topological polar surface area (TPSA) is 66.9 Å². The van der Waals surface area contributed by atoms with E-state index in [0.29, 0.717) is 11.0 Å². The Hall–Kier alpha value is -1.36. The molecule has 2 atom stereocenters. The highest BCUT2D eigenvalue weighted by molar-refractivity contribution is 6.29. The van der Waals surface area contributed by atoms with Gasteiger partial charge in [0.2, 0.25) is 5.91 Å². The van der Waals surface area contributed by atoms with Crippen molar-refractivity contribution in [2.75, 3.05) is 5.32 Å². The lowest BCUT2D eigenvalue weighted by Gasteiger charge is -2.34. The SMILES string of the molecule is CCC(CC)C(=O)N[C@@H]1CCCC[C@H]1Nc1cncc(Cl)n1. The Labute approximate surface area is 137 Å². The Morgan fingerprint density at radius 3 is 2.59 bits per heavy atom. The summed E-state index contributed by atoms with van der Waals surface area (Å²) in [6.07, 6.45) is 9.26. The zero-order chi connectivity index (χ0) is 15.9. The van der Waals surface area contributed by atoms with E-state index >= 15 is 0 Å². The van der Waals surface area contributed by atoms with Crippen molar-refractivity contribution in [1.82, 2.24) is 15.3 Å². The Morgan fingerprint density at radius 1 is 1.27 bits per heavy atom. The van der Waals surface area contributed by atoms with Crippen molar-refractivity contribution in [2.24, 2.45) is 5.92 Å². The van der Waals surface area contributed by atoms with Gasteiger partial charge in [-0.05, 0) is 25.7 Å². The Morgan fingerprint density at radius 2 is 1.95 bits per heavy atom. The first-order chi connectivity index (χ1) is 10.6. The lowest BCUT2D eigenvalue weighted by atomic mass is 9.89. The highest BCUT2D eigenvalue weighted by atomic mass is 35.5. The average molecular weight is 325 g/mol. The number of rotatable bonds is 6. The second-order valence-corrected chi connectivity index (χ2v) is 6.28. The van der Waals surface area contributed by atoms with Gasteiger partial charge in [-0.3, -0.25) is 9.78 Å². The molecule has 1 aromatic heterocycles. The minimum Gasteiger partial charge on any atom is -0.364 e. The molecule has 0 unspecified atom stereocenters. The summed E-state index contributed by atoms with van der Waals surface area (Å²) in [5.41, 5.74) is 0. The van der Waals surface area contributed by atoms with Gasteiger partial charge in [0.05, 0.1) is 12.4 Å². The fourth-order valence-corrected chi connectivity index (χ4v) is 3.19. The van der Waals surface area contributed by atoms with Crippen LogP contribution in [-0.2, 0) is 4.79 Å². The smallest absolute Gasteiger partial charge is 0.223 e. The second kappa shape index (κ2) is 8.32. The van der Waals surface area contributed by atoms with E-state index < -0.39 is 0 Å². The molecule has 0 aromatic carbocycles. The summed E-state index contributed by atoms with van der Waals surface area (Å²) in [4.78, 5) is 20.6. The van der Waals surface area contributed by atoms with E-state index in [2.05, 4.69) is 34.4 Å². The number of nitrogens with one attached hydrogen (secondary N) is 2. The van der Waals surface area contributed by atoms with Crippen LogP contribution in [0.4, 0.5) is 5.82 Å². The maximum atomic E-state index is 12.3. The van der Waals surface area contributed by atoms with E-state index in [-0.39, 0.29) is 23.9 Å². The Balaban J connectivity index is 2.00. The van der Waals surface area contributed by atoms with Crippen LogP contribution in [0.1, 0.15) is 52.4 Å². The van der Waals surface area contributed by atoms with E-state index in [1.165, 1.54) is 6.20 Å². The van der Waals surface area contributed by atoms with E-state index in [1.807, 2.05) is 0 Å². The molecule has 1 fully saturated rings. The molecule has 2 N–H and O–H groups in total. The monoisotopic (exact) mass is 324 g/mol. The molecule has 0 aliphatic heterocycles. The summed E-state index contributed by atoms with van der Waals surface area (Å²) in [7, 11) is 0. The molecule has 5 nitrogen and oxygen atoms in total. The second-order valence-electron chi connectivity index (χ2n) is 5.89. The maximum absolute atomic E-state index is 12.3. The quantitative estimate of drug-likeness (QED) is 0.841. The molecule has 6 heteroatoms. The van der Waals surface area contributed by atoms with Crippen molar-refractivity contribution in [1.29, 1.82) is 0 Å². The van der Waals surface area contributed by atoms with Gasteiger partial charge >= 0.3 is 0 Å². The molecule has 0 saturated heterocycles. The number of nitrogens with zero attached hydrogens (tertiary/aromatic N) is 2. The molecule has 0 radical (unpaired) electrons. The number of aromatic nitrogens is 2. The molecule has 0 spiro atoms. The predicted molar refractivity (Wildman–Crippen MR) is 88.9 cm³/mol. The lowest BCUT2D eigenvalue weighted by Crippen LogP contribution is -2.50. The molecule has 1 aliphatic rings. The van der Waals surface area contributed by atoms with Gasteiger partial charge in [0, 0.05) is 18.0 Å². The summed E-state index contributed by atoms with van der Waals surface area (Å²) >= 11 is 5.88. The summed E-state index contributed by atoms with van der Waals surface area (Å²) in [6, 6.07) is 0.322. The summed E-state index contributed by atoms with van der Waals surface area (Å²) in [5.74, 6) is 0.940. The van der Waals surface area contributed by atoms with Crippen LogP contribution in [0.25, 0.3) is 0 Å². The fourth-order valence-electron chi connectivity index (χ4n) is 3.04. The van der Waals surface area contributed by atoms with Crippen molar-refractivity contribution in [3.8, 4) is 0 Å². The third-order valence-electron chi connectivity index (χ3n) is 4.39. The van der Waals surface area contributed by atoms with Gasteiger partial charge < -0.3 is 10.6 Å². The Bertz CT molecular complexity index is 493. The van der Waals surface area contributed by atoms with Crippen LogP contribution >= 0.6 is 11.6 Å². The van der Waals surface area contributed by atoms with Gasteiger partial charge in [-0.1, -0.05) is 38.3 Å². The van der Waals surface area contributed by atoms with Gasteiger partial charge in [0.15, 0.2) is 0 Å². The van der Waals surface area contributed by atoms with Crippen LogP contribution in [0.15, 0.2) is 12.4 Å². The van der Waals surface area contributed by atoms with E-state index in [0.717, 1.165) is 38.5 Å². The normalized spacial score (nSPS) is 21.6. The summed E-state index contributed by atoms with van der Waals surface area (Å²) in [5, 5.41) is 6.98. The fraction of sp³-hybridized carbons (Fsp3) is 0.688. The van der Waals surface area contributed by atoms with Crippen LogP contribution in [-0.4, -0.2) is 28.0 Å². The minimum absolute atomic E-state index is 0.105. The molecule has 1 saturated carbocycles. The first kappa shape index (κ1) is 17.0. The summed E-state index contributed by atoms with van der Waals surface area (Å²) in [6.45, 7) is 4.12. The number of anilines is 1. The molecule has 0 bridgehead atoms. The van der Waals surface area contributed by atoms with Gasteiger partial charge in [0.25, 0.3) is 0 Å². The van der Waals surface area contributed by atoms with E-state index in [9.17, 15) is 4.79 Å². The summed E-state index contributed by atoms with van der Waals surface area (Å²) < 4.78 is 0. The highest BCUT2D eigenvalue weighted by Gasteiger charge is 2.28.